The molecule has 0 aliphatic heterocycles. The van der Waals surface area contributed by atoms with E-state index in [1.165, 1.54) is 12.1 Å². The molecule has 0 spiro atoms. The van der Waals surface area contributed by atoms with E-state index in [1.807, 2.05) is 13.8 Å². The molecule has 0 aliphatic carbocycles. The molecule has 0 fully saturated rings. The molecule has 1 aromatic rings. The quantitative estimate of drug-likeness (QED) is 0.797. The van der Waals surface area contributed by atoms with Crippen molar-refractivity contribution in [1.29, 1.82) is 0 Å². The Labute approximate surface area is 101 Å². The molecular formula is C11H17FN2O2S. The zero-order chi connectivity index (χ0) is 13.1. The van der Waals surface area contributed by atoms with Crippen molar-refractivity contribution in [3.8, 4) is 0 Å². The van der Waals surface area contributed by atoms with Gasteiger partial charge in [-0.2, -0.15) is 0 Å². The van der Waals surface area contributed by atoms with E-state index >= 15 is 0 Å². The molecule has 0 radical (unpaired) electrons. The number of rotatable bonds is 5. The molecule has 96 valence electrons. The van der Waals surface area contributed by atoms with Crippen molar-refractivity contribution in [2.24, 2.45) is 5.92 Å². The first-order valence-corrected chi connectivity index (χ1v) is 7.01. The van der Waals surface area contributed by atoms with Gasteiger partial charge in [0, 0.05) is 0 Å². The van der Waals surface area contributed by atoms with Crippen molar-refractivity contribution in [3.05, 3.63) is 24.0 Å². The van der Waals surface area contributed by atoms with Gasteiger partial charge in [0.15, 0.2) is 0 Å². The Bertz CT molecular complexity index is 486. The summed E-state index contributed by atoms with van der Waals surface area (Å²) in [6.45, 7) is 3.90. The van der Waals surface area contributed by atoms with Gasteiger partial charge >= 0.3 is 0 Å². The molecule has 0 bridgehead atoms. The van der Waals surface area contributed by atoms with Crippen LogP contribution in [0.25, 0.3) is 0 Å². The molecule has 0 unspecified atom stereocenters. The Hall–Kier alpha value is -1.30. The van der Waals surface area contributed by atoms with Crippen LogP contribution < -0.4 is 10.5 Å². The second-order valence-corrected chi connectivity index (χ2v) is 6.18. The first-order valence-electron chi connectivity index (χ1n) is 5.35. The van der Waals surface area contributed by atoms with Crippen LogP contribution in [0.2, 0.25) is 0 Å². The van der Waals surface area contributed by atoms with Crippen LogP contribution in [0.15, 0.2) is 18.2 Å². The van der Waals surface area contributed by atoms with E-state index in [2.05, 4.69) is 4.72 Å². The van der Waals surface area contributed by atoms with Gasteiger partial charge in [0.2, 0.25) is 10.0 Å². The highest BCUT2D eigenvalue weighted by Gasteiger charge is 2.12. The van der Waals surface area contributed by atoms with Crippen LogP contribution in [0.5, 0.6) is 0 Å². The van der Waals surface area contributed by atoms with Crippen LogP contribution in [0, 0.1) is 11.7 Å². The van der Waals surface area contributed by atoms with E-state index in [0.29, 0.717) is 12.3 Å². The van der Waals surface area contributed by atoms with E-state index in [-0.39, 0.29) is 17.1 Å². The number of nitrogen functional groups attached to an aromatic ring is 1. The van der Waals surface area contributed by atoms with E-state index in [9.17, 15) is 12.8 Å². The van der Waals surface area contributed by atoms with Crippen molar-refractivity contribution in [3.63, 3.8) is 0 Å². The molecule has 4 nitrogen and oxygen atoms in total. The normalized spacial score (nSPS) is 11.8. The minimum atomic E-state index is -3.39. The summed E-state index contributed by atoms with van der Waals surface area (Å²) in [7, 11) is -3.39. The molecular weight excluding hydrogens is 243 g/mol. The number of hydrogen-bond acceptors (Lipinski definition) is 3. The smallest absolute Gasteiger partial charge is 0.232 e. The Morgan fingerprint density at radius 3 is 2.59 bits per heavy atom. The van der Waals surface area contributed by atoms with Crippen molar-refractivity contribution in [2.45, 2.75) is 20.3 Å². The molecule has 0 aromatic heterocycles. The molecule has 1 rings (SSSR count). The van der Waals surface area contributed by atoms with Crippen molar-refractivity contribution >= 4 is 21.4 Å². The highest BCUT2D eigenvalue weighted by atomic mass is 32.2. The summed E-state index contributed by atoms with van der Waals surface area (Å²) in [4.78, 5) is 0. The second kappa shape index (κ2) is 5.35. The van der Waals surface area contributed by atoms with Gasteiger partial charge in [0.1, 0.15) is 5.82 Å². The van der Waals surface area contributed by atoms with Crippen molar-refractivity contribution in [2.75, 3.05) is 16.2 Å². The molecule has 17 heavy (non-hydrogen) atoms. The number of hydrogen-bond donors (Lipinski definition) is 2. The molecule has 1 aromatic carbocycles. The van der Waals surface area contributed by atoms with Crippen LogP contribution in [0.3, 0.4) is 0 Å². The summed E-state index contributed by atoms with van der Waals surface area (Å²) in [6.07, 6.45) is 0.575. The highest BCUT2D eigenvalue weighted by molar-refractivity contribution is 7.92. The maximum Gasteiger partial charge on any atom is 0.232 e. The number of benzene rings is 1. The standard InChI is InChI=1S/C11H17FN2O2S/c1-8(2)5-6-17(15,16)14-9-3-4-10(12)11(13)7-9/h3-4,7-8,14H,5-6,13H2,1-2H3. The van der Waals surface area contributed by atoms with Crippen LogP contribution in [-0.4, -0.2) is 14.2 Å². The van der Waals surface area contributed by atoms with E-state index in [4.69, 9.17) is 5.73 Å². The average Bonchev–Trinajstić information content (AvgIpc) is 2.21. The van der Waals surface area contributed by atoms with Crippen LogP contribution >= 0.6 is 0 Å². The van der Waals surface area contributed by atoms with Gasteiger partial charge in [0.05, 0.1) is 17.1 Å². The molecule has 0 saturated heterocycles. The summed E-state index contributed by atoms with van der Waals surface area (Å²) in [5.41, 5.74) is 5.56. The minimum absolute atomic E-state index is 0.0436. The molecule has 0 heterocycles. The highest BCUT2D eigenvalue weighted by Crippen LogP contribution is 2.18. The zero-order valence-corrected chi connectivity index (χ0v) is 10.7. The van der Waals surface area contributed by atoms with E-state index in [1.54, 1.807) is 0 Å². The molecule has 0 atom stereocenters. The minimum Gasteiger partial charge on any atom is -0.396 e. The zero-order valence-electron chi connectivity index (χ0n) is 9.90. The molecule has 6 heteroatoms. The number of halogens is 1. The predicted octanol–water partition coefficient (Wildman–Crippen LogP) is 2.20. The summed E-state index contributed by atoms with van der Waals surface area (Å²) < 4.78 is 38.6. The third-order valence-electron chi connectivity index (χ3n) is 2.23. The summed E-state index contributed by atoms with van der Waals surface area (Å²) >= 11 is 0. The topological polar surface area (TPSA) is 72.2 Å². The Balaban J connectivity index is 2.73. The van der Waals surface area contributed by atoms with Gasteiger partial charge in [0.25, 0.3) is 0 Å². The first kappa shape index (κ1) is 13.8. The van der Waals surface area contributed by atoms with Crippen LogP contribution in [-0.2, 0) is 10.0 Å². The van der Waals surface area contributed by atoms with Gasteiger partial charge in [-0.15, -0.1) is 0 Å². The maximum absolute atomic E-state index is 12.9. The lowest BCUT2D eigenvalue weighted by Gasteiger charge is -2.10. The number of nitrogens with two attached hydrogens (primary N) is 1. The van der Waals surface area contributed by atoms with Gasteiger partial charge < -0.3 is 5.73 Å². The predicted molar refractivity (Wildman–Crippen MR) is 67.7 cm³/mol. The summed E-state index contributed by atoms with van der Waals surface area (Å²) in [5.74, 6) is -0.206. The molecule has 3 N–H and O–H groups in total. The van der Waals surface area contributed by atoms with Crippen molar-refractivity contribution in [1.82, 2.24) is 0 Å². The van der Waals surface area contributed by atoms with E-state index in [0.717, 1.165) is 6.07 Å². The van der Waals surface area contributed by atoms with Crippen LogP contribution in [0.1, 0.15) is 20.3 Å². The largest absolute Gasteiger partial charge is 0.396 e. The maximum atomic E-state index is 12.9. The lowest BCUT2D eigenvalue weighted by Crippen LogP contribution is -2.18. The Morgan fingerprint density at radius 1 is 1.41 bits per heavy atom. The SMILES string of the molecule is CC(C)CCS(=O)(=O)Nc1ccc(F)c(N)c1. The van der Waals surface area contributed by atoms with Gasteiger partial charge in [-0.3, -0.25) is 4.72 Å². The van der Waals surface area contributed by atoms with E-state index < -0.39 is 15.8 Å². The number of nitrogens with one attached hydrogen (secondary N) is 1. The Kier molecular flexibility index (Phi) is 4.34. The molecule has 0 amide bonds. The third kappa shape index (κ3) is 4.60. The fourth-order valence-electron chi connectivity index (χ4n) is 1.23. The summed E-state index contributed by atoms with van der Waals surface area (Å²) in [5, 5.41) is 0. The number of sulfonamides is 1. The monoisotopic (exact) mass is 260 g/mol. The Morgan fingerprint density at radius 2 is 2.06 bits per heavy atom. The lowest BCUT2D eigenvalue weighted by molar-refractivity contribution is 0.578. The van der Waals surface area contributed by atoms with Crippen LogP contribution in [0.4, 0.5) is 15.8 Å². The van der Waals surface area contributed by atoms with Gasteiger partial charge in [-0.05, 0) is 30.5 Å². The average molecular weight is 260 g/mol. The fraction of sp³-hybridized carbons (Fsp3) is 0.455. The molecule has 0 aliphatic rings. The molecule has 0 saturated carbocycles. The third-order valence-corrected chi connectivity index (χ3v) is 3.55. The fourth-order valence-corrected chi connectivity index (χ4v) is 2.60. The van der Waals surface area contributed by atoms with Gasteiger partial charge in [-0.1, -0.05) is 13.8 Å². The van der Waals surface area contributed by atoms with Crippen molar-refractivity contribution < 1.29 is 12.8 Å². The van der Waals surface area contributed by atoms with Gasteiger partial charge in [-0.25, -0.2) is 12.8 Å². The summed E-state index contributed by atoms with van der Waals surface area (Å²) in [6, 6.07) is 3.75. The second-order valence-electron chi connectivity index (χ2n) is 4.34. The number of anilines is 2. The first-order chi connectivity index (χ1) is 7.80. The lowest BCUT2D eigenvalue weighted by atomic mass is 10.2.